The van der Waals surface area contributed by atoms with Crippen LogP contribution in [0.15, 0.2) is 46.2 Å². The summed E-state index contributed by atoms with van der Waals surface area (Å²) in [7, 11) is -3.60. The second-order valence-electron chi connectivity index (χ2n) is 4.83. The van der Waals surface area contributed by atoms with E-state index in [4.69, 9.17) is 0 Å². The minimum Gasteiger partial charge on any atom is -0.289 e. The van der Waals surface area contributed by atoms with Crippen molar-refractivity contribution in [2.75, 3.05) is 0 Å². The van der Waals surface area contributed by atoms with Crippen LogP contribution in [0.5, 0.6) is 0 Å². The minimum atomic E-state index is -3.60. The van der Waals surface area contributed by atoms with Gasteiger partial charge in [-0.25, -0.2) is 8.42 Å². The fourth-order valence-electron chi connectivity index (χ4n) is 2.34. The molecule has 0 saturated heterocycles. The molecular formula is C15H12O3S. The van der Waals surface area contributed by atoms with Gasteiger partial charge < -0.3 is 0 Å². The Morgan fingerprint density at radius 3 is 1.63 bits per heavy atom. The van der Waals surface area contributed by atoms with Gasteiger partial charge in [0.25, 0.3) is 0 Å². The second kappa shape index (κ2) is 3.78. The van der Waals surface area contributed by atoms with Crippen molar-refractivity contribution in [3.05, 3.63) is 58.7 Å². The van der Waals surface area contributed by atoms with E-state index >= 15 is 0 Å². The van der Waals surface area contributed by atoms with Crippen LogP contribution in [0.4, 0.5) is 0 Å². The van der Waals surface area contributed by atoms with Crippen LogP contribution in [0, 0.1) is 13.8 Å². The Hall–Kier alpha value is -1.94. The highest BCUT2D eigenvalue weighted by molar-refractivity contribution is 7.91. The average molecular weight is 272 g/mol. The highest BCUT2D eigenvalue weighted by Crippen LogP contribution is 2.35. The van der Waals surface area contributed by atoms with E-state index < -0.39 is 9.84 Å². The van der Waals surface area contributed by atoms with Crippen LogP contribution < -0.4 is 0 Å². The zero-order valence-electron chi connectivity index (χ0n) is 10.6. The fourth-order valence-corrected chi connectivity index (χ4v) is 4.16. The Morgan fingerprint density at radius 1 is 0.789 bits per heavy atom. The van der Waals surface area contributed by atoms with Gasteiger partial charge in [-0.1, -0.05) is 12.1 Å². The van der Waals surface area contributed by atoms with Crippen LogP contribution in [0.3, 0.4) is 0 Å². The Bertz CT molecular complexity index is 756. The predicted octanol–water partition coefficient (Wildman–Crippen LogP) is 2.68. The lowest BCUT2D eigenvalue weighted by molar-refractivity contribution is 0.103. The molecule has 2 aromatic carbocycles. The first-order valence-corrected chi connectivity index (χ1v) is 7.40. The van der Waals surface area contributed by atoms with Crippen LogP contribution in [0.25, 0.3) is 0 Å². The van der Waals surface area contributed by atoms with Gasteiger partial charge in [-0.2, -0.15) is 0 Å². The van der Waals surface area contributed by atoms with Crippen molar-refractivity contribution in [3.63, 3.8) is 0 Å². The van der Waals surface area contributed by atoms with Crippen LogP contribution in [0.1, 0.15) is 27.0 Å². The smallest absolute Gasteiger partial charge is 0.208 e. The molecule has 0 bridgehead atoms. The monoisotopic (exact) mass is 272 g/mol. The van der Waals surface area contributed by atoms with E-state index in [2.05, 4.69) is 0 Å². The summed E-state index contributed by atoms with van der Waals surface area (Å²) < 4.78 is 25.2. The number of fused-ring (bicyclic) bond motifs is 2. The van der Waals surface area contributed by atoms with Crippen molar-refractivity contribution < 1.29 is 13.2 Å². The maximum absolute atomic E-state index is 12.6. The van der Waals surface area contributed by atoms with E-state index in [-0.39, 0.29) is 26.7 Å². The summed E-state index contributed by atoms with van der Waals surface area (Å²) in [6.07, 6.45) is 0. The van der Waals surface area contributed by atoms with Gasteiger partial charge in [-0.05, 0) is 49.2 Å². The maximum Gasteiger partial charge on any atom is 0.208 e. The molecule has 0 spiro atoms. The van der Waals surface area contributed by atoms with E-state index in [1.807, 2.05) is 13.8 Å². The van der Waals surface area contributed by atoms with Gasteiger partial charge in [0.2, 0.25) is 9.84 Å². The Labute approximate surface area is 111 Å². The van der Waals surface area contributed by atoms with E-state index in [1.165, 1.54) is 0 Å². The first-order valence-electron chi connectivity index (χ1n) is 5.92. The predicted molar refractivity (Wildman–Crippen MR) is 71.2 cm³/mol. The molecular weight excluding hydrogens is 260 g/mol. The zero-order chi connectivity index (χ0) is 13.8. The van der Waals surface area contributed by atoms with Crippen molar-refractivity contribution in [2.24, 2.45) is 0 Å². The van der Waals surface area contributed by atoms with Crippen molar-refractivity contribution in [1.29, 1.82) is 0 Å². The van der Waals surface area contributed by atoms with E-state index in [1.54, 1.807) is 36.4 Å². The summed E-state index contributed by atoms with van der Waals surface area (Å²) in [5, 5.41) is 0. The first kappa shape index (κ1) is 12.1. The van der Waals surface area contributed by atoms with Crippen molar-refractivity contribution in [3.8, 4) is 0 Å². The molecule has 0 N–H and O–H groups in total. The van der Waals surface area contributed by atoms with Gasteiger partial charge in [0.05, 0.1) is 9.79 Å². The number of sulfone groups is 1. The third-order valence-corrected chi connectivity index (χ3v) is 5.18. The van der Waals surface area contributed by atoms with Crippen LogP contribution >= 0.6 is 0 Å². The zero-order valence-corrected chi connectivity index (χ0v) is 11.4. The number of rotatable bonds is 0. The Morgan fingerprint density at radius 2 is 1.21 bits per heavy atom. The molecule has 3 rings (SSSR count). The van der Waals surface area contributed by atoms with Gasteiger partial charge in [-0.15, -0.1) is 0 Å². The van der Waals surface area contributed by atoms with Crippen molar-refractivity contribution in [1.82, 2.24) is 0 Å². The number of hydrogen-bond donors (Lipinski definition) is 0. The molecule has 0 fully saturated rings. The number of benzene rings is 2. The molecule has 4 heteroatoms. The quantitative estimate of drug-likeness (QED) is 0.632. The number of carbonyl (C=O) groups is 1. The van der Waals surface area contributed by atoms with Gasteiger partial charge in [-0.3, -0.25) is 4.79 Å². The van der Waals surface area contributed by atoms with Gasteiger partial charge in [0.1, 0.15) is 0 Å². The van der Waals surface area contributed by atoms with Crippen molar-refractivity contribution in [2.45, 2.75) is 23.6 Å². The standard InChI is InChI=1S/C15H12O3S/c1-9-3-5-11-13(7-9)19(17,18)14-8-10(2)4-6-12(14)15(11)16/h3-8H,1-2H3. The molecule has 0 aromatic heterocycles. The van der Waals surface area contributed by atoms with Crippen molar-refractivity contribution >= 4 is 15.6 Å². The second-order valence-corrected chi connectivity index (χ2v) is 6.72. The molecule has 3 nitrogen and oxygen atoms in total. The molecule has 0 saturated carbocycles. The normalized spacial score (nSPS) is 15.8. The van der Waals surface area contributed by atoms with E-state index in [0.29, 0.717) is 0 Å². The molecule has 0 aliphatic carbocycles. The summed E-state index contributed by atoms with van der Waals surface area (Å²) in [5.74, 6) is -0.222. The molecule has 0 unspecified atom stereocenters. The molecule has 0 radical (unpaired) electrons. The Balaban J connectivity index is 2.44. The lowest BCUT2D eigenvalue weighted by Gasteiger charge is -2.19. The highest BCUT2D eigenvalue weighted by atomic mass is 32.2. The third kappa shape index (κ3) is 1.64. The van der Waals surface area contributed by atoms with E-state index in [9.17, 15) is 13.2 Å². The number of carbonyl (C=O) groups excluding carboxylic acids is 1. The maximum atomic E-state index is 12.6. The molecule has 0 amide bonds. The summed E-state index contributed by atoms with van der Waals surface area (Å²) in [6.45, 7) is 3.62. The van der Waals surface area contributed by atoms with Gasteiger partial charge in [0.15, 0.2) is 5.78 Å². The molecule has 1 aliphatic heterocycles. The van der Waals surface area contributed by atoms with Gasteiger partial charge >= 0.3 is 0 Å². The van der Waals surface area contributed by atoms with Crippen LogP contribution in [-0.2, 0) is 9.84 Å². The highest BCUT2D eigenvalue weighted by Gasteiger charge is 2.34. The largest absolute Gasteiger partial charge is 0.289 e. The average Bonchev–Trinajstić information content (AvgIpc) is 2.36. The summed E-state index contributed by atoms with van der Waals surface area (Å²) >= 11 is 0. The SMILES string of the molecule is Cc1ccc2c(c1)S(=O)(=O)c1cc(C)ccc1C2=O. The third-order valence-electron chi connectivity index (χ3n) is 3.34. The number of aryl methyl sites for hydroxylation is 2. The minimum absolute atomic E-state index is 0.121. The molecule has 2 aromatic rings. The molecule has 0 atom stereocenters. The Kier molecular flexibility index (Phi) is 2.41. The number of hydrogen-bond acceptors (Lipinski definition) is 3. The molecule has 96 valence electrons. The van der Waals surface area contributed by atoms with Gasteiger partial charge in [0, 0.05) is 11.1 Å². The molecule has 19 heavy (non-hydrogen) atoms. The lowest BCUT2D eigenvalue weighted by atomic mass is 10.0. The van der Waals surface area contributed by atoms with E-state index in [0.717, 1.165) is 11.1 Å². The van der Waals surface area contributed by atoms with Crippen LogP contribution in [0.2, 0.25) is 0 Å². The number of ketones is 1. The lowest BCUT2D eigenvalue weighted by Crippen LogP contribution is -2.20. The summed E-state index contributed by atoms with van der Waals surface area (Å²) in [4.78, 5) is 12.6. The first-order chi connectivity index (χ1) is 8.91. The summed E-state index contributed by atoms with van der Waals surface area (Å²) in [6, 6.07) is 9.82. The topological polar surface area (TPSA) is 51.2 Å². The molecule has 1 aliphatic rings. The fraction of sp³-hybridized carbons (Fsp3) is 0.133. The summed E-state index contributed by atoms with van der Waals surface area (Å²) in [5.41, 5.74) is 2.18. The molecule has 1 heterocycles. The van der Waals surface area contributed by atoms with Crippen LogP contribution in [-0.4, -0.2) is 14.2 Å².